The molecule has 4 rings (SSSR count). The number of Topliss-reactive ketones (excluding diaryl/α,β-unsaturated/α-hetero) is 1. The molecule has 0 unspecified atom stereocenters. The fourth-order valence-electron chi connectivity index (χ4n) is 3.26. The molecule has 0 aliphatic carbocycles. The fraction of sp³-hybridized carbons (Fsp3) is 0.120. The molecule has 150 valence electrons. The highest BCUT2D eigenvalue weighted by Crippen LogP contribution is 2.25. The number of H-pyrrole nitrogens is 1. The Morgan fingerprint density at radius 2 is 1.67 bits per heavy atom. The summed E-state index contributed by atoms with van der Waals surface area (Å²) in [6.07, 6.45) is 1.88. The Hall–Kier alpha value is -3.86. The van der Waals surface area contributed by atoms with Crippen LogP contribution in [0.5, 0.6) is 5.75 Å². The smallest absolute Gasteiger partial charge is 0.196 e. The summed E-state index contributed by atoms with van der Waals surface area (Å²) in [5.74, 6) is 1.15. The van der Waals surface area contributed by atoms with E-state index >= 15 is 0 Å². The van der Waals surface area contributed by atoms with Gasteiger partial charge in [0.2, 0.25) is 0 Å². The van der Waals surface area contributed by atoms with Crippen molar-refractivity contribution in [2.45, 2.75) is 0 Å². The van der Waals surface area contributed by atoms with Crippen LogP contribution in [-0.4, -0.2) is 37.0 Å². The number of allylic oxidation sites excluding steroid dienone is 1. The highest BCUT2D eigenvalue weighted by molar-refractivity contribution is 6.32. The van der Waals surface area contributed by atoms with Crippen molar-refractivity contribution in [1.29, 1.82) is 0 Å². The molecule has 0 amide bonds. The number of carbonyl (C=O) groups is 1. The number of ether oxygens (including phenoxy) is 1. The molecular formula is C25H23N3O2. The number of carbonyl (C=O) groups excluding carboxylic acids is 1. The van der Waals surface area contributed by atoms with E-state index < -0.39 is 0 Å². The van der Waals surface area contributed by atoms with Gasteiger partial charge in [0.15, 0.2) is 5.78 Å². The summed E-state index contributed by atoms with van der Waals surface area (Å²) in [4.78, 5) is 23.4. The van der Waals surface area contributed by atoms with Crippen molar-refractivity contribution < 1.29 is 9.53 Å². The Kier molecular flexibility index (Phi) is 5.35. The summed E-state index contributed by atoms with van der Waals surface area (Å²) < 4.78 is 5.21. The van der Waals surface area contributed by atoms with Crippen molar-refractivity contribution in [2.24, 2.45) is 0 Å². The molecule has 1 heterocycles. The first-order valence-corrected chi connectivity index (χ1v) is 9.68. The summed E-state index contributed by atoms with van der Waals surface area (Å²) in [7, 11) is 5.60. The SMILES string of the molecule is COc1ccc(C(=O)/C(=C/c2ccc(N(C)C)cc2)c2nc3ccccc3[nH]2)cc1. The molecule has 0 spiro atoms. The van der Waals surface area contributed by atoms with E-state index in [0.717, 1.165) is 22.3 Å². The van der Waals surface area contributed by atoms with E-state index in [1.807, 2.05) is 73.6 Å². The van der Waals surface area contributed by atoms with Crippen LogP contribution in [0.15, 0.2) is 72.8 Å². The van der Waals surface area contributed by atoms with Gasteiger partial charge in [-0.1, -0.05) is 24.3 Å². The first-order chi connectivity index (χ1) is 14.5. The van der Waals surface area contributed by atoms with Crippen LogP contribution in [0.3, 0.4) is 0 Å². The van der Waals surface area contributed by atoms with E-state index in [4.69, 9.17) is 4.74 Å². The summed E-state index contributed by atoms with van der Waals surface area (Å²) in [5.41, 5.74) is 4.82. The van der Waals surface area contributed by atoms with Crippen molar-refractivity contribution in [3.05, 3.63) is 89.7 Å². The Bertz CT molecular complexity index is 1170. The minimum atomic E-state index is -0.103. The van der Waals surface area contributed by atoms with Gasteiger partial charge in [0.1, 0.15) is 11.6 Å². The van der Waals surface area contributed by atoms with E-state index in [2.05, 4.69) is 9.97 Å². The number of fused-ring (bicyclic) bond motifs is 1. The van der Waals surface area contributed by atoms with E-state index in [1.54, 1.807) is 31.4 Å². The van der Waals surface area contributed by atoms with Gasteiger partial charge in [-0.15, -0.1) is 0 Å². The van der Waals surface area contributed by atoms with Crippen LogP contribution >= 0.6 is 0 Å². The number of benzene rings is 3. The number of hydrogen-bond donors (Lipinski definition) is 1. The van der Waals surface area contributed by atoms with Crippen molar-refractivity contribution in [3.8, 4) is 5.75 Å². The average molecular weight is 397 g/mol. The minimum Gasteiger partial charge on any atom is -0.497 e. The summed E-state index contributed by atoms with van der Waals surface area (Å²) in [5, 5.41) is 0. The van der Waals surface area contributed by atoms with Gasteiger partial charge < -0.3 is 14.6 Å². The van der Waals surface area contributed by atoms with Crippen LogP contribution in [0, 0.1) is 0 Å². The predicted molar refractivity (Wildman–Crippen MR) is 122 cm³/mol. The molecule has 0 saturated carbocycles. The summed E-state index contributed by atoms with van der Waals surface area (Å²) in [6.45, 7) is 0. The number of anilines is 1. The lowest BCUT2D eigenvalue weighted by Gasteiger charge is -2.12. The summed E-state index contributed by atoms with van der Waals surface area (Å²) >= 11 is 0. The second-order valence-electron chi connectivity index (χ2n) is 7.20. The topological polar surface area (TPSA) is 58.2 Å². The minimum absolute atomic E-state index is 0.103. The standard InChI is InChI=1S/C25H23N3O2/c1-28(2)19-12-8-17(9-13-19)16-21(24(29)18-10-14-20(30-3)15-11-18)25-26-22-6-4-5-7-23(22)27-25/h4-16H,1-3H3,(H,26,27)/b21-16-. The number of methoxy groups -OCH3 is 1. The quantitative estimate of drug-likeness (QED) is 0.365. The van der Waals surface area contributed by atoms with Crippen LogP contribution in [-0.2, 0) is 0 Å². The average Bonchev–Trinajstić information content (AvgIpc) is 3.21. The number of nitrogens with zero attached hydrogens (tertiary/aromatic N) is 2. The molecule has 0 radical (unpaired) electrons. The van der Waals surface area contributed by atoms with Gasteiger partial charge in [-0.2, -0.15) is 0 Å². The number of hydrogen-bond acceptors (Lipinski definition) is 4. The van der Waals surface area contributed by atoms with Gasteiger partial charge in [-0.3, -0.25) is 4.79 Å². The van der Waals surface area contributed by atoms with E-state index in [0.29, 0.717) is 22.7 Å². The number of nitrogens with one attached hydrogen (secondary N) is 1. The number of rotatable bonds is 6. The van der Waals surface area contributed by atoms with Gasteiger partial charge in [-0.25, -0.2) is 4.98 Å². The van der Waals surface area contributed by atoms with Crippen molar-refractivity contribution in [3.63, 3.8) is 0 Å². The van der Waals surface area contributed by atoms with Crippen molar-refractivity contribution in [2.75, 3.05) is 26.1 Å². The monoisotopic (exact) mass is 397 g/mol. The Labute approximate surface area is 175 Å². The maximum absolute atomic E-state index is 13.4. The third kappa shape index (κ3) is 3.96. The molecule has 1 N–H and O–H groups in total. The Morgan fingerprint density at radius 1 is 0.967 bits per heavy atom. The second kappa shape index (κ2) is 8.25. The third-order valence-electron chi connectivity index (χ3n) is 4.96. The molecule has 3 aromatic carbocycles. The molecule has 0 aliphatic heterocycles. The van der Waals surface area contributed by atoms with Crippen molar-refractivity contribution >= 4 is 34.2 Å². The molecule has 5 heteroatoms. The normalized spacial score (nSPS) is 11.5. The van der Waals surface area contributed by atoms with E-state index in [9.17, 15) is 4.79 Å². The maximum atomic E-state index is 13.4. The number of aromatic nitrogens is 2. The molecule has 4 aromatic rings. The molecule has 0 bridgehead atoms. The molecule has 30 heavy (non-hydrogen) atoms. The molecule has 5 nitrogen and oxygen atoms in total. The van der Waals surface area contributed by atoms with Crippen LogP contribution in [0.4, 0.5) is 5.69 Å². The first-order valence-electron chi connectivity index (χ1n) is 9.68. The number of aromatic amines is 1. The number of para-hydroxylation sites is 2. The predicted octanol–water partition coefficient (Wildman–Crippen LogP) is 5.06. The van der Waals surface area contributed by atoms with Crippen LogP contribution in [0.1, 0.15) is 21.7 Å². The van der Waals surface area contributed by atoms with Gasteiger partial charge in [0, 0.05) is 25.3 Å². The largest absolute Gasteiger partial charge is 0.497 e. The Balaban J connectivity index is 1.79. The van der Waals surface area contributed by atoms with E-state index in [1.165, 1.54) is 0 Å². The molecule has 0 atom stereocenters. The lowest BCUT2D eigenvalue weighted by Crippen LogP contribution is -2.08. The first kappa shape index (κ1) is 19.5. The van der Waals surface area contributed by atoms with E-state index in [-0.39, 0.29) is 5.78 Å². The number of imidazole rings is 1. The van der Waals surface area contributed by atoms with Crippen LogP contribution < -0.4 is 9.64 Å². The van der Waals surface area contributed by atoms with Gasteiger partial charge in [0.25, 0.3) is 0 Å². The maximum Gasteiger partial charge on any atom is 0.196 e. The zero-order valence-corrected chi connectivity index (χ0v) is 17.2. The Morgan fingerprint density at radius 3 is 2.30 bits per heavy atom. The fourth-order valence-corrected chi connectivity index (χ4v) is 3.26. The second-order valence-corrected chi connectivity index (χ2v) is 7.20. The zero-order valence-electron chi connectivity index (χ0n) is 17.2. The zero-order chi connectivity index (χ0) is 21.1. The van der Waals surface area contributed by atoms with Gasteiger partial charge >= 0.3 is 0 Å². The van der Waals surface area contributed by atoms with Crippen LogP contribution in [0.2, 0.25) is 0 Å². The molecule has 0 aliphatic rings. The molecule has 1 aromatic heterocycles. The lowest BCUT2D eigenvalue weighted by atomic mass is 10.00. The highest BCUT2D eigenvalue weighted by atomic mass is 16.5. The van der Waals surface area contributed by atoms with Crippen LogP contribution in [0.25, 0.3) is 22.7 Å². The van der Waals surface area contributed by atoms with Gasteiger partial charge in [0.05, 0.1) is 23.7 Å². The molecular weight excluding hydrogens is 374 g/mol. The molecule has 0 fully saturated rings. The van der Waals surface area contributed by atoms with Crippen molar-refractivity contribution in [1.82, 2.24) is 9.97 Å². The summed E-state index contributed by atoms with van der Waals surface area (Å²) in [6, 6.07) is 22.9. The lowest BCUT2D eigenvalue weighted by molar-refractivity contribution is 0.105. The highest BCUT2D eigenvalue weighted by Gasteiger charge is 2.18. The molecule has 0 saturated heterocycles. The van der Waals surface area contributed by atoms with Gasteiger partial charge in [-0.05, 0) is 60.2 Å². The third-order valence-corrected chi connectivity index (χ3v) is 4.96. The number of ketones is 1.